The summed E-state index contributed by atoms with van der Waals surface area (Å²) in [7, 11) is 3.63. The van der Waals surface area contributed by atoms with Crippen LogP contribution in [0.5, 0.6) is 0 Å². The number of hydrogen-bond acceptors (Lipinski definition) is 5. The predicted molar refractivity (Wildman–Crippen MR) is 108 cm³/mol. The molecular weight excluding hydrogens is 348 g/mol. The summed E-state index contributed by atoms with van der Waals surface area (Å²) in [6.45, 7) is 7.10. The lowest BCUT2D eigenvalue weighted by atomic mass is 9.88. The van der Waals surface area contributed by atoms with Gasteiger partial charge in [-0.2, -0.15) is 0 Å². The van der Waals surface area contributed by atoms with E-state index < -0.39 is 0 Å². The third-order valence-electron chi connectivity index (χ3n) is 4.84. The fraction of sp³-hybridized carbons (Fsp3) is 0.684. The number of likely N-dealkylation sites (tertiary alicyclic amines) is 1. The number of nitrogens with zero attached hydrogens (tertiary/aromatic N) is 2. The number of guanidine groups is 1. The van der Waals surface area contributed by atoms with Crippen molar-refractivity contribution in [1.29, 1.82) is 0 Å². The van der Waals surface area contributed by atoms with Gasteiger partial charge in [-0.05, 0) is 50.7 Å². The maximum atomic E-state index is 11.6. The van der Waals surface area contributed by atoms with Crippen LogP contribution in [-0.2, 0) is 9.53 Å². The van der Waals surface area contributed by atoms with E-state index in [-0.39, 0.29) is 11.9 Å². The minimum absolute atomic E-state index is 0.226. The first-order valence-electron chi connectivity index (χ1n) is 9.40. The normalized spacial score (nSPS) is 22.7. The molecule has 1 aliphatic rings. The molecule has 1 aliphatic heterocycles. The topological polar surface area (TPSA) is 66.0 Å². The van der Waals surface area contributed by atoms with Gasteiger partial charge < -0.3 is 15.4 Å². The van der Waals surface area contributed by atoms with Crippen LogP contribution in [0.4, 0.5) is 0 Å². The Bertz CT molecular complexity index is 576. The van der Waals surface area contributed by atoms with Crippen molar-refractivity contribution in [2.45, 2.75) is 32.7 Å². The zero-order valence-electron chi connectivity index (χ0n) is 16.3. The molecule has 0 amide bonds. The average molecular weight is 381 g/mol. The van der Waals surface area contributed by atoms with Crippen LogP contribution in [0.15, 0.2) is 22.5 Å². The number of methoxy groups -OCH3 is 1. The molecule has 0 saturated carbocycles. The second-order valence-corrected chi connectivity index (χ2v) is 7.85. The molecule has 1 aromatic heterocycles. The van der Waals surface area contributed by atoms with Crippen LogP contribution in [0.25, 0.3) is 0 Å². The van der Waals surface area contributed by atoms with Crippen molar-refractivity contribution in [3.05, 3.63) is 22.4 Å². The van der Waals surface area contributed by atoms with E-state index in [9.17, 15) is 4.79 Å². The van der Waals surface area contributed by atoms with E-state index in [1.54, 1.807) is 0 Å². The number of thiophene rings is 1. The van der Waals surface area contributed by atoms with Crippen molar-refractivity contribution in [3.8, 4) is 0 Å². The largest absolute Gasteiger partial charge is 0.469 e. The Morgan fingerprint density at radius 2 is 2.31 bits per heavy atom. The summed E-state index contributed by atoms with van der Waals surface area (Å²) < 4.78 is 4.77. The van der Waals surface area contributed by atoms with E-state index in [1.165, 1.54) is 24.8 Å². The molecule has 0 aliphatic carbocycles. The second-order valence-electron chi connectivity index (χ2n) is 6.87. The maximum Gasteiger partial charge on any atom is 0.310 e. The van der Waals surface area contributed by atoms with Gasteiger partial charge in [-0.15, -0.1) is 11.3 Å². The molecule has 2 rings (SSSR count). The minimum atomic E-state index is -0.241. The summed E-state index contributed by atoms with van der Waals surface area (Å²) in [6.07, 6.45) is 2.43. The Labute approximate surface area is 161 Å². The smallest absolute Gasteiger partial charge is 0.310 e. The first kappa shape index (κ1) is 20.7. The Kier molecular flexibility index (Phi) is 8.38. The Morgan fingerprint density at radius 1 is 1.50 bits per heavy atom. The molecule has 0 spiro atoms. The summed E-state index contributed by atoms with van der Waals surface area (Å²) in [5.74, 6) is 0.835. The van der Waals surface area contributed by atoms with Crippen LogP contribution in [0.3, 0.4) is 0 Å². The van der Waals surface area contributed by atoms with Gasteiger partial charge in [0.2, 0.25) is 0 Å². The highest BCUT2D eigenvalue weighted by Gasteiger charge is 2.31. The van der Waals surface area contributed by atoms with Crippen LogP contribution < -0.4 is 10.6 Å². The molecule has 1 aromatic rings. The zero-order valence-corrected chi connectivity index (χ0v) is 17.1. The molecule has 1 fully saturated rings. The molecule has 0 aromatic carbocycles. The molecule has 2 heterocycles. The number of rotatable bonds is 7. The standard InChI is InChI=1S/C19H32N4O2S/c1-5-20-19(21-12-14(2)18(24)25-4)22-13-15-8-6-10-23(3)17(15)16-9-7-11-26-16/h7,9,11,14-15,17H,5-6,8,10,12-13H2,1-4H3,(H2,20,21,22). The molecule has 26 heavy (non-hydrogen) atoms. The summed E-state index contributed by atoms with van der Waals surface area (Å²) in [5, 5.41) is 8.91. The van der Waals surface area contributed by atoms with E-state index in [1.807, 2.05) is 25.2 Å². The van der Waals surface area contributed by atoms with Gasteiger partial charge in [0.1, 0.15) is 0 Å². The Hall–Kier alpha value is -1.60. The summed E-state index contributed by atoms with van der Waals surface area (Å²) in [4.78, 5) is 20.0. The van der Waals surface area contributed by atoms with Gasteiger partial charge in [0.15, 0.2) is 5.96 Å². The van der Waals surface area contributed by atoms with Crippen molar-refractivity contribution >= 4 is 23.3 Å². The first-order chi connectivity index (χ1) is 12.6. The summed E-state index contributed by atoms with van der Waals surface area (Å²) >= 11 is 1.83. The van der Waals surface area contributed by atoms with Crippen LogP contribution >= 0.6 is 11.3 Å². The van der Waals surface area contributed by atoms with E-state index in [2.05, 4.69) is 45.1 Å². The monoisotopic (exact) mass is 380 g/mol. The molecule has 0 bridgehead atoms. The number of aliphatic imine (C=N–C) groups is 1. The van der Waals surface area contributed by atoms with Gasteiger partial charge in [-0.25, -0.2) is 0 Å². The summed E-state index contributed by atoms with van der Waals surface area (Å²) in [6, 6.07) is 4.82. The highest BCUT2D eigenvalue weighted by Crippen LogP contribution is 2.36. The molecular formula is C19H32N4O2S. The Morgan fingerprint density at radius 3 is 2.96 bits per heavy atom. The lowest BCUT2D eigenvalue weighted by molar-refractivity contribution is -0.144. The number of carbonyl (C=O) groups is 1. The highest BCUT2D eigenvalue weighted by molar-refractivity contribution is 7.10. The fourth-order valence-corrected chi connectivity index (χ4v) is 4.44. The van der Waals surface area contributed by atoms with Gasteiger partial charge in [0.25, 0.3) is 0 Å². The van der Waals surface area contributed by atoms with Gasteiger partial charge in [0.05, 0.1) is 19.6 Å². The van der Waals surface area contributed by atoms with E-state index >= 15 is 0 Å². The molecule has 146 valence electrons. The third kappa shape index (κ3) is 5.71. The minimum Gasteiger partial charge on any atom is -0.469 e. The first-order valence-corrected chi connectivity index (χ1v) is 10.3. The van der Waals surface area contributed by atoms with Crippen molar-refractivity contribution in [3.63, 3.8) is 0 Å². The predicted octanol–water partition coefficient (Wildman–Crippen LogP) is 2.50. The molecule has 6 nitrogen and oxygen atoms in total. The number of carbonyl (C=O) groups excluding carboxylic acids is 1. The van der Waals surface area contributed by atoms with Gasteiger partial charge in [-0.1, -0.05) is 13.0 Å². The maximum absolute atomic E-state index is 11.6. The summed E-state index contributed by atoms with van der Waals surface area (Å²) in [5.41, 5.74) is 0. The van der Waals surface area contributed by atoms with Gasteiger partial charge in [-0.3, -0.25) is 14.7 Å². The average Bonchev–Trinajstić information content (AvgIpc) is 3.17. The van der Waals surface area contributed by atoms with Crippen LogP contribution in [0.2, 0.25) is 0 Å². The zero-order chi connectivity index (χ0) is 18.9. The Balaban J connectivity index is 1.98. The quantitative estimate of drug-likeness (QED) is 0.432. The lowest BCUT2D eigenvalue weighted by Crippen LogP contribution is -2.45. The molecule has 1 saturated heterocycles. The van der Waals surface area contributed by atoms with Crippen LogP contribution in [0, 0.1) is 11.8 Å². The van der Waals surface area contributed by atoms with Crippen molar-refractivity contribution < 1.29 is 9.53 Å². The van der Waals surface area contributed by atoms with Gasteiger partial charge in [0, 0.05) is 24.0 Å². The third-order valence-corrected chi connectivity index (χ3v) is 5.79. The van der Waals surface area contributed by atoms with Gasteiger partial charge >= 0.3 is 5.97 Å². The molecule has 0 radical (unpaired) electrons. The van der Waals surface area contributed by atoms with Crippen molar-refractivity contribution in [2.75, 3.05) is 40.3 Å². The molecule has 7 heteroatoms. The van der Waals surface area contributed by atoms with Crippen molar-refractivity contribution in [2.24, 2.45) is 16.8 Å². The molecule has 3 unspecified atom stereocenters. The van der Waals surface area contributed by atoms with Crippen LogP contribution in [0.1, 0.15) is 37.6 Å². The molecule has 2 N–H and O–H groups in total. The number of esters is 1. The fourth-order valence-electron chi connectivity index (χ4n) is 3.46. The van der Waals surface area contributed by atoms with E-state index in [0.717, 1.165) is 25.6 Å². The molecule has 3 atom stereocenters. The number of ether oxygens (including phenoxy) is 1. The highest BCUT2D eigenvalue weighted by atomic mass is 32.1. The SMILES string of the molecule is CCNC(=NCC(C)C(=O)OC)NCC1CCCN(C)C1c1cccs1. The lowest BCUT2D eigenvalue weighted by Gasteiger charge is -2.39. The second kappa shape index (κ2) is 10.5. The number of hydrogen-bond donors (Lipinski definition) is 2. The number of nitrogens with one attached hydrogen (secondary N) is 2. The van der Waals surface area contributed by atoms with E-state index in [4.69, 9.17) is 4.74 Å². The number of piperidine rings is 1. The van der Waals surface area contributed by atoms with Crippen LogP contribution in [-0.4, -0.2) is 57.2 Å². The van der Waals surface area contributed by atoms with E-state index in [0.29, 0.717) is 18.5 Å². The van der Waals surface area contributed by atoms with Crippen molar-refractivity contribution in [1.82, 2.24) is 15.5 Å².